The zero-order valence-electron chi connectivity index (χ0n) is 18.9. The van der Waals surface area contributed by atoms with Crippen molar-refractivity contribution in [1.82, 2.24) is 0 Å². The number of benzene rings is 2. The van der Waals surface area contributed by atoms with Crippen molar-refractivity contribution in [3.63, 3.8) is 0 Å². The van der Waals surface area contributed by atoms with Crippen LogP contribution in [-0.4, -0.2) is 0 Å². The van der Waals surface area contributed by atoms with E-state index in [0.717, 1.165) is 0 Å². The summed E-state index contributed by atoms with van der Waals surface area (Å²) in [4.78, 5) is 0. The maximum absolute atomic E-state index is 3.75. The third-order valence-corrected chi connectivity index (χ3v) is 5.99. The Morgan fingerprint density at radius 2 is 1.21 bits per heavy atom. The summed E-state index contributed by atoms with van der Waals surface area (Å²) < 4.78 is 0. The number of aryl methyl sites for hydroxylation is 3. The van der Waals surface area contributed by atoms with Crippen molar-refractivity contribution in [2.75, 3.05) is 0 Å². The minimum atomic E-state index is 1.19. The molecule has 0 atom stereocenters. The fourth-order valence-corrected chi connectivity index (χ4v) is 4.20. The fraction of sp³-hybridized carbons (Fsp3) is 0.643. The van der Waals surface area contributed by atoms with E-state index in [4.69, 9.17) is 0 Å². The minimum Gasteiger partial charge on any atom is -0.0654 e. The van der Waals surface area contributed by atoms with E-state index < -0.39 is 0 Å². The van der Waals surface area contributed by atoms with E-state index >= 15 is 0 Å². The van der Waals surface area contributed by atoms with Gasteiger partial charge in [0, 0.05) is 0 Å². The van der Waals surface area contributed by atoms with Crippen LogP contribution in [0, 0.1) is 6.07 Å². The summed E-state index contributed by atoms with van der Waals surface area (Å²) >= 11 is 0. The topological polar surface area (TPSA) is 0 Å². The van der Waals surface area contributed by atoms with Gasteiger partial charge in [-0.1, -0.05) is 103 Å². The molecule has 0 spiro atoms. The molecule has 0 bridgehead atoms. The summed E-state index contributed by atoms with van der Waals surface area (Å²) in [6, 6.07) is 13.4. The number of rotatable bonds is 15. The van der Waals surface area contributed by atoms with Crippen LogP contribution < -0.4 is 0 Å². The Morgan fingerprint density at radius 3 is 1.86 bits per heavy atom. The molecule has 0 fully saturated rings. The van der Waals surface area contributed by atoms with Gasteiger partial charge in [0.05, 0.1) is 0 Å². The van der Waals surface area contributed by atoms with Gasteiger partial charge in [0.2, 0.25) is 0 Å². The molecule has 0 amide bonds. The van der Waals surface area contributed by atoms with Gasteiger partial charge < -0.3 is 0 Å². The average Bonchev–Trinajstić information content (AvgIpc) is 2.72. The molecule has 2 rings (SSSR count). The highest BCUT2D eigenvalue weighted by atomic mass is 14.1. The van der Waals surface area contributed by atoms with Crippen molar-refractivity contribution in [3.05, 3.63) is 47.0 Å². The third-order valence-electron chi connectivity index (χ3n) is 5.99. The normalized spacial score (nSPS) is 11.4. The van der Waals surface area contributed by atoms with Crippen LogP contribution in [0.4, 0.5) is 0 Å². The van der Waals surface area contributed by atoms with Crippen LogP contribution in [0.3, 0.4) is 0 Å². The van der Waals surface area contributed by atoms with E-state index in [1.165, 1.54) is 118 Å². The van der Waals surface area contributed by atoms with Gasteiger partial charge in [0.1, 0.15) is 0 Å². The van der Waals surface area contributed by atoms with Crippen LogP contribution in [-0.2, 0) is 19.3 Å². The zero-order valence-corrected chi connectivity index (χ0v) is 18.9. The van der Waals surface area contributed by atoms with E-state index in [1.54, 1.807) is 5.56 Å². The lowest BCUT2D eigenvalue weighted by Crippen LogP contribution is -1.95. The molecule has 0 saturated heterocycles. The molecule has 0 heterocycles. The summed E-state index contributed by atoms with van der Waals surface area (Å²) in [5.41, 5.74) is 4.53. The van der Waals surface area contributed by atoms with Crippen LogP contribution in [0.5, 0.6) is 0 Å². The van der Waals surface area contributed by atoms with E-state index in [0.29, 0.717) is 0 Å². The smallest absolute Gasteiger partial charge is 0.00641 e. The molecular formula is C28H43. The zero-order chi connectivity index (χ0) is 20.0. The van der Waals surface area contributed by atoms with E-state index in [2.05, 4.69) is 51.1 Å². The van der Waals surface area contributed by atoms with Crippen molar-refractivity contribution >= 4 is 10.8 Å². The molecule has 2 aromatic carbocycles. The average molecular weight is 380 g/mol. The molecule has 0 aliphatic heterocycles. The van der Waals surface area contributed by atoms with Crippen LogP contribution in [0.25, 0.3) is 10.8 Å². The lowest BCUT2D eigenvalue weighted by Gasteiger charge is -2.12. The van der Waals surface area contributed by atoms with E-state index in [9.17, 15) is 0 Å². The van der Waals surface area contributed by atoms with Gasteiger partial charge in [-0.25, -0.2) is 0 Å². The quantitative estimate of drug-likeness (QED) is 0.271. The minimum absolute atomic E-state index is 1.19. The maximum atomic E-state index is 3.75. The second-order valence-electron chi connectivity index (χ2n) is 8.63. The van der Waals surface area contributed by atoms with Gasteiger partial charge >= 0.3 is 0 Å². The second-order valence-corrected chi connectivity index (χ2v) is 8.63. The molecule has 0 nitrogen and oxygen atoms in total. The number of fused-ring (bicyclic) bond motifs is 1. The highest BCUT2D eigenvalue weighted by Crippen LogP contribution is 2.26. The molecule has 155 valence electrons. The first kappa shape index (κ1) is 23.0. The van der Waals surface area contributed by atoms with Crippen molar-refractivity contribution in [2.45, 2.75) is 117 Å². The van der Waals surface area contributed by atoms with Gasteiger partial charge in [-0.2, -0.15) is 0 Å². The first-order valence-corrected chi connectivity index (χ1v) is 12.2. The van der Waals surface area contributed by atoms with Crippen molar-refractivity contribution in [2.24, 2.45) is 0 Å². The van der Waals surface area contributed by atoms with Crippen LogP contribution >= 0.6 is 0 Å². The molecule has 0 unspecified atom stereocenters. The predicted octanol–water partition coefficient (Wildman–Crippen LogP) is 9.01. The SMILES string of the molecule is CCCCCCc1[c]c2ccc(CCCCCC)cc2c(CCCCCC)c1. The first-order chi connectivity index (χ1) is 13.8. The largest absolute Gasteiger partial charge is 0.0654 e. The summed E-state index contributed by atoms with van der Waals surface area (Å²) in [7, 11) is 0. The monoisotopic (exact) mass is 379 g/mol. The van der Waals surface area contributed by atoms with Gasteiger partial charge in [0.15, 0.2) is 0 Å². The third kappa shape index (κ3) is 7.98. The molecular weight excluding hydrogens is 336 g/mol. The van der Waals surface area contributed by atoms with Gasteiger partial charge in [-0.3, -0.25) is 0 Å². The molecule has 0 saturated carbocycles. The molecule has 1 radical (unpaired) electrons. The lowest BCUT2D eigenvalue weighted by molar-refractivity contribution is 0.662. The summed E-state index contributed by atoms with van der Waals surface area (Å²) in [5.74, 6) is 0. The number of unbranched alkanes of at least 4 members (excludes halogenated alkanes) is 9. The Hall–Kier alpha value is -1.30. The standard InChI is InChI=1S/C28H43/c1-4-7-10-13-16-24-19-20-27-22-25(17-14-11-8-5-2)21-26(28(27)23-24)18-15-12-9-6-3/h19-21,23H,4-18H2,1-3H3. The Labute approximate surface area is 175 Å². The molecule has 2 aromatic rings. The number of hydrogen-bond donors (Lipinski definition) is 0. The highest BCUT2D eigenvalue weighted by Gasteiger charge is 2.07. The molecule has 0 heteroatoms. The molecule has 0 N–H and O–H groups in total. The predicted molar refractivity (Wildman–Crippen MR) is 126 cm³/mol. The molecule has 0 aliphatic rings. The lowest BCUT2D eigenvalue weighted by atomic mass is 9.92. The Kier molecular flexibility index (Phi) is 11.3. The maximum Gasteiger partial charge on any atom is -0.00641 e. The van der Waals surface area contributed by atoms with Crippen LogP contribution in [0.15, 0.2) is 24.3 Å². The van der Waals surface area contributed by atoms with Crippen molar-refractivity contribution in [3.8, 4) is 0 Å². The first-order valence-electron chi connectivity index (χ1n) is 12.2. The molecule has 0 aliphatic carbocycles. The van der Waals surface area contributed by atoms with E-state index in [-0.39, 0.29) is 0 Å². The van der Waals surface area contributed by atoms with Crippen molar-refractivity contribution in [1.29, 1.82) is 0 Å². The summed E-state index contributed by atoms with van der Waals surface area (Å²) in [6.07, 6.45) is 19.7. The Morgan fingerprint density at radius 1 is 0.607 bits per heavy atom. The summed E-state index contributed by atoms with van der Waals surface area (Å²) in [6.45, 7) is 6.87. The summed E-state index contributed by atoms with van der Waals surface area (Å²) in [5, 5.41) is 2.82. The van der Waals surface area contributed by atoms with Crippen LogP contribution in [0.1, 0.15) is 115 Å². The van der Waals surface area contributed by atoms with Gasteiger partial charge in [-0.05, 0) is 72.1 Å². The molecule has 28 heavy (non-hydrogen) atoms. The van der Waals surface area contributed by atoms with Crippen molar-refractivity contribution < 1.29 is 0 Å². The fourth-order valence-electron chi connectivity index (χ4n) is 4.20. The highest BCUT2D eigenvalue weighted by molar-refractivity contribution is 5.86. The number of hydrogen-bond acceptors (Lipinski definition) is 0. The van der Waals surface area contributed by atoms with Crippen LogP contribution in [0.2, 0.25) is 0 Å². The Balaban J connectivity index is 2.14. The van der Waals surface area contributed by atoms with E-state index in [1.807, 2.05) is 0 Å². The second kappa shape index (κ2) is 13.8. The van der Waals surface area contributed by atoms with Gasteiger partial charge in [0.25, 0.3) is 0 Å². The molecule has 0 aromatic heterocycles. The Bertz CT molecular complexity index is 667. The van der Waals surface area contributed by atoms with Gasteiger partial charge in [-0.15, -0.1) is 0 Å².